The van der Waals surface area contributed by atoms with Crippen LogP contribution in [-0.2, 0) is 4.79 Å². The summed E-state index contributed by atoms with van der Waals surface area (Å²) in [6.07, 6.45) is 3.44. The lowest BCUT2D eigenvalue weighted by Gasteiger charge is -2.18. The van der Waals surface area contributed by atoms with Crippen LogP contribution < -0.4 is 10.1 Å². The Balaban J connectivity index is 1.60. The molecule has 2 heterocycles. The lowest BCUT2D eigenvalue weighted by atomic mass is 10.0. The van der Waals surface area contributed by atoms with Crippen molar-refractivity contribution in [3.05, 3.63) is 58.7 Å². The van der Waals surface area contributed by atoms with Crippen molar-refractivity contribution in [3.8, 4) is 17.1 Å². The summed E-state index contributed by atoms with van der Waals surface area (Å²) in [6, 6.07) is 8.25. The molecule has 29 heavy (non-hydrogen) atoms. The lowest BCUT2D eigenvalue weighted by molar-refractivity contribution is -0.122. The molecule has 0 spiro atoms. The molecule has 0 aliphatic rings. The van der Waals surface area contributed by atoms with E-state index in [0.29, 0.717) is 27.5 Å². The van der Waals surface area contributed by atoms with Crippen molar-refractivity contribution in [1.29, 1.82) is 0 Å². The number of nitrogens with one attached hydrogen (secondary N) is 1. The molecule has 1 N–H and O–H groups in total. The van der Waals surface area contributed by atoms with E-state index in [9.17, 15) is 4.79 Å². The summed E-state index contributed by atoms with van der Waals surface area (Å²) in [5.41, 5.74) is 0.788. The van der Waals surface area contributed by atoms with Crippen molar-refractivity contribution in [2.45, 2.75) is 26.3 Å². The number of carbonyl (C=O) groups is 1. The molecule has 0 aliphatic carbocycles. The van der Waals surface area contributed by atoms with Crippen LogP contribution in [0.4, 0.5) is 0 Å². The van der Waals surface area contributed by atoms with E-state index in [2.05, 4.69) is 20.4 Å². The van der Waals surface area contributed by atoms with Crippen LogP contribution in [0.5, 0.6) is 5.75 Å². The van der Waals surface area contributed by atoms with E-state index >= 15 is 0 Å². The van der Waals surface area contributed by atoms with Gasteiger partial charge in [0.05, 0.1) is 18.1 Å². The van der Waals surface area contributed by atoms with Crippen LogP contribution in [0.15, 0.2) is 47.2 Å². The second-order valence-corrected chi connectivity index (χ2v) is 7.42. The summed E-state index contributed by atoms with van der Waals surface area (Å²) in [6.45, 7) is 4.08. The summed E-state index contributed by atoms with van der Waals surface area (Å²) < 4.78 is 10.9. The summed E-state index contributed by atoms with van der Waals surface area (Å²) in [4.78, 5) is 20.8. The van der Waals surface area contributed by atoms with Crippen molar-refractivity contribution >= 4 is 29.1 Å². The largest absolute Gasteiger partial charge is 0.491 e. The zero-order valence-electron chi connectivity index (χ0n) is 15.9. The Hall–Kier alpha value is -2.64. The number of nitrogens with zero attached hydrogens (tertiary/aromatic N) is 3. The van der Waals surface area contributed by atoms with Gasteiger partial charge < -0.3 is 14.6 Å². The summed E-state index contributed by atoms with van der Waals surface area (Å²) in [5, 5.41) is 7.64. The maximum Gasteiger partial charge on any atom is 0.249 e. The van der Waals surface area contributed by atoms with Crippen molar-refractivity contribution < 1.29 is 14.1 Å². The maximum atomic E-state index is 12.4. The number of aromatic nitrogens is 3. The van der Waals surface area contributed by atoms with Gasteiger partial charge in [0.2, 0.25) is 17.6 Å². The average Bonchev–Trinajstić information content (AvgIpc) is 3.19. The van der Waals surface area contributed by atoms with Gasteiger partial charge in [-0.3, -0.25) is 9.78 Å². The van der Waals surface area contributed by atoms with Crippen LogP contribution in [0.1, 0.15) is 32.2 Å². The Bertz CT molecular complexity index is 963. The highest BCUT2D eigenvalue weighted by Gasteiger charge is 2.25. The van der Waals surface area contributed by atoms with E-state index in [1.165, 1.54) is 0 Å². The molecule has 7 nitrogen and oxygen atoms in total. The highest BCUT2D eigenvalue weighted by atomic mass is 35.5. The van der Waals surface area contributed by atoms with Gasteiger partial charge in [-0.25, -0.2) is 0 Å². The van der Waals surface area contributed by atoms with E-state index in [0.717, 1.165) is 5.56 Å². The van der Waals surface area contributed by atoms with Crippen molar-refractivity contribution in [3.63, 3.8) is 0 Å². The first-order chi connectivity index (χ1) is 14.0. The molecule has 2 aromatic heterocycles. The third-order valence-electron chi connectivity index (χ3n) is 4.13. The van der Waals surface area contributed by atoms with Gasteiger partial charge in [0.15, 0.2) is 0 Å². The van der Waals surface area contributed by atoms with Gasteiger partial charge in [-0.2, -0.15) is 4.98 Å². The fourth-order valence-electron chi connectivity index (χ4n) is 2.59. The van der Waals surface area contributed by atoms with Gasteiger partial charge in [-0.1, -0.05) is 48.3 Å². The number of ether oxygens (including phenoxy) is 1. The first kappa shape index (κ1) is 21.1. The molecule has 9 heteroatoms. The number of hydrogen-bond donors (Lipinski definition) is 1. The first-order valence-corrected chi connectivity index (χ1v) is 9.81. The maximum absolute atomic E-state index is 12.4. The quantitative estimate of drug-likeness (QED) is 0.551. The first-order valence-electron chi connectivity index (χ1n) is 9.06. The summed E-state index contributed by atoms with van der Waals surface area (Å²) in [5.74, 6) is 1.07. The minimum Gasteiger partial charge on any atom is -0.491 e. The van der Waals surface area contributed by atoms with Crippen LogP contribution >= 0.6 is 23.2 Å². The number of hydrogen-bond acceptors (Lipinski definition) is 6. The highest BCUT2D eigenvalue weighted by molar-refractivity contribution is 6.42. The summed E-state index contributed by atoms with van der Waals surface area (Å²) in [7, 11) is 0. The van der Waals surface area contributed by atoms with E-state index in [1.54, 1.807) is 42.7 Å². The molecule has 0 bridgehead atoms. The van der Waals surface area contributed by atoms with Crippen molar-refractivity contribution in [2.24, 2.45) is 5.92 Å². The summed E-state index contributed by atoms with van der Waals surface area (Å²) >= 11 is 12.0. The third kappa shape index (κ3) is 5.46. The zero-order valence-corrected chi connectivity index (χ0v) is 17.4. The van der Waals surface area contributed by atoms with E-state index < -0.39 is 6.04 Å². The van der Waals surface area contributed by atoms with Gasteiger partial charge in [0.1, 0.15) is 16.8 Å². The second kappa shape index (κ2) is 9.71. The second-order valence-electron chi connectivity index (χ2n) is 6.63. The van der Waals surface area contributed by atoms with Crippen molar-refractivity contribution in [2.75, 3.05) is 6.61 Å². The standard InChI is InChI=1S/C20H20Cl2N4O3/c1-12(2)18(20-25-19(26-29-20)13-6-9-23-10-7-13)24-16(27)8-11-28-15-5-3-4-14(21)17(15)22/h3-7,9-10,12,18H,8,11H2,1-2H3,(H,24,27). The van der Waals surface area contributed by atoms with Crippen LogP contribution in [0.2, 0.25) is 10.0 Å². The van der Waals surface area contributed by atoms with Gasteiger partial charge in [-0.15, -0.1) is 0 Å². The highest BCUT2D eigenvalue weighted by Crippen LogP contribution is 2.31. The molecule has 1 amide bonds. The number of amides is 1. The molecule has 3 aromatic rings. The Labute approximate surface area is 178 Å². The van der Waals surface area contributed by atoms with E-state index in [1.807, 2.05) is 13.8 Å². The molecule has 1 aromatic carbocycles. The van der Waals surface area contributed by atoms with Crippen LogP contribution in [0.3, 0.4) is 0 Å². The molecule has 0 fully saturated rings. The number of halogens is 2. The Morgan fingerprint density at radius 2 is 1.97 bits per heavy atom. The molecule has 152 valence electrons. The van der Waals surface area contributed by atoms with E-state index in [-0.39, 0.29) is 24.9 Å². The molecular weight excluding hydrogens is 415 g/mol. The molecule has 3 rings (SSSR count). The smallest absolute Gasteiger partial charge is 0.249 e. The SMILES string of the molecule is CC(C)C(NC(=O)CCOc1cccc(Cl)c1Cl)c1nc(-c2ccncc2)no1. The number of pyridine rings is 1. The minimum absolute atomic E-state index is 0.0491. The molecule has 0 saturated heterocycles. The zero-order chi connectivity index (χ0) is 20.8. The minimum atomic E-state index is -0.416. The Morgan fingerprint density at radius 3 is 2.69 bits per heavy atom. The molecule has 1 unspecified atom stereocenters. The van der Waals surface area contributed by atoms with Gasteiger partial charge in [0.25, 0.3) is 0 Å². The average molecular weight is 435 g/mol. The van der Waals surface area contributed by atoms with Crippen LogP contribution in [0.25, 0.3) is 11.4 Å². The molecule has 1 atom stereocenters. The van der Waals surface area contributed by atoms with Gasteiger partial charge in [-0.05, 0) is 30.2 Å². The van der Waals surface area contributed by atoms with Gasteiger partial charge >= 0.3 is 0 Å². The Kier molecular flexibility index (Phi) is 7.06. The lowest BCUT2D eigenvalue weighted by Crippen LogP contribution is -2.32. The topological polar surface area (TPSA) is 90.1 Å². The normalized spacial score (nSPS) is 12.0. The number of carbonyl (C=O) groups excluding carboxylic acids is 1. The fraction of sp³-hybridized carbons (Fsp3) is 0.300. The van der Waals surface area contributed by atoms with Crippen LogP contribution in [0, 0.1) is 5.92 Å². The van der Waals surface area contributed by atoms with E-state index in [4.69, 9.17) is 32.5 Å². The third-order valence-corrected chi connectivity index (χ3v) is 4.93. The van der Waals surface area contributed by atoms with Crippen molar-refractivity contribution in [1.82, 2.24) is 20.4 Å². The fourth-order valence-corrected chi connectivity index (χ4v) is 2.93. The van der Waals surface area contributed by atoms with Gasteiger partial charge in [0, 0.05) is 18.0 Å². The predicted molar refractivity (Wildman–Crippen MR) is 110 cm³/mol. The monoisotopic (exact) mass is 434 g/mol. The Morgan fingerprint density at radius 1 is 1.21 bits per heavy atom. The van der Waals surface area contributed by atoms with Crippen LogP contribution in [-0.4, -0.2) is 27.6 Å². The molecule has 0 saturated carbocycles. The molecular formula is C20H20Cl2N4O3. The molecule has 0 radical (unpaired) electrons. The predicted octanol–water partition coefficient (Wildman–Crippen LogP) is 4.72. The number of rotatable bonds is 8. The molecule has 0 aliphatic heterocycles. The number of benzene rings is 1.